The lowest BCUT2D eigenvalue weighted by atomic mass is 10.0. The van der Waals surface area contributed by atoms with E-state index in [4.69, 9.17) is 32.7 Å². The fraction of sp³-hybridized carbons (Fsp3) is 0.192. The number of hydrogen-bond donors (Lipinski definition) is 0. The first kappa shape index (κ1) is 23.9. The normalized spacial score (nSPS) is 14.0. The molecule has 0 spiro atoms. The lowest BCUT2D eigenvalue weighted by Crippen LogP contribution is -2.26. The molecule has 0 saturated heterocycles. The number of para-hydroxylation sites is 1. The highest BCUT2D eigenvalue weighted by Gasteiger charge is 2.31. The predicted molar refractivity (Wildman–Crippen MR) is 143 cm³/mol. The van der Waals surface area contributed by atoms with Crippen molar-refractivity contribution in [1.29, 1.82) is 0 Å². The van der Waals surface area contributed by atoms with Gasteiger partial charge in [0.2, 0.25) is 0 Å². The van der Waals surface area contributed by atoms with Crippen molar-refractivity contribution < 1.29 is 14.3 Å². The summed E-state index contributed by atoms with van der Waals surface area (Å²) in [5.74, 6) is 1.23. The zero-order valence-corrected chi connectivity index (χ0v) is 21.9. The van der Waals surface area contributed by atoms with E-state index in [-0.39, 0.29) is 12.5 Å². The fourth-order valence-corrected chi connectivity index (χ4v) is 5.05. The SMILES string of the molecule is CCCN1C(=O)/C(=C\c2cc(I)c(OCc3ccc(Cl)cc3Cl)c(OC)c2)c2ccccc21. The number of ether oxygens (including phenoxy) is 2. The van der Waals surface area contributed by atoms with Gasteiger partial charge >= 0.3 is 0 Å². The highest BCUT2D eigenvalue weighted by molar-refractivity contribution is 14.1. The molecule has 3 aromatic rings. The molecule has 170 valence electrons. The summed E-state index contributed by atoms with van der Waals surface area (Å²) in [5.41, 5.74) is 4.28. The van der Waals surface area contributed by atoms with Crippen LogP contribution in [0.1, 0.15) is 30.0 Å². The molecule has 4 nitrogen and oxygen atoms in total. The third-order valence-corrected chi connectivity index (χ3v) is 6.75. The van der Waals surface area contributed by atoms with Gasteiger partial charge in [-0.1, -0.05) is 54.4 Å². The van der Waals surface area contributed by atoms with Crippen molar-refractivity contribution >= 4 is 69.0 Å². The fourth-order valence-electron chi connectivity index (χ4n) is 3.81. The van der Waals surface area contributed by atoms with Crippen LogP contribution in [-0.4, -0.2) is 19.6 Å². The summed E-state index contributed by atoms with van der Waals surface area (Å²) >= 11 is 14.5. The minimum absolute atomic E-state index is 0.0183. The number of hydrogen-bond acceptors (Lipinski definition) is 3. The van der Waals surface area contributed by atoms with Crippen LogP contribution in [0.3, 0.4) is 0 Å². The van der Waals surface area contributed by atoms with Crippen LogP contribution >= 0.6 is 45.8 Å². The minimum atomic E-state index is 0.0183. The van der Waals surface area contributed by atoms with Gasteiger partial charge in [-0.15, -0.1) is 0 Å². The van der Waals surface area contributed by atoms with Gasteiger partial charge in [0.25, 0.3) is 5.91 Å². The molecule has 33 heavy (non-hydrogen) atoms. The van der Waals surface area contributed by atoms with E-state index >= 15 is 0 Å². The van der Waals surface area contributed by atoms with Gasteiger partial charge in [-0.05, 0) is 71.0 Å². The van der Waals surface area contributed by atoms with Crippen molar-refractivity contribution in [1.82, 2.24) is 0 Å². The van der Waals surface area contributed by atoms with Crippen molar-refractivity contribution in [3.05, 3.63) is 84.9 Å². The number of fused-ring (bicyclic) bond motifs is 1. The number of benzene rings is 3. The number of methoxy groups -OCH3 is 1. The third kappa shape index (κ3) is 5.00. The van der Waals surface area contributed by atoms with E-state index < -0.39 is 0 Å². The van der Waals surface area contributed by atoms with Gasteiger partial charge in [-0.3, -0.25) is 4.79 Å². The molecular weight excluding hydrogens is 572 g/mol. The Kier molecular flexibility index (Phi) is 7.51. The topological polar surface area (TPSA) is 38.8 Å². The Hall–Kier alpha value is -2.22. The monoisotopic (exact) mass is 593 g/mol. The molecule has 1 aliphatic heterocycles. The van der Waals surface area contributed by atoms with Crippen molar-refractivity contribution in [2.24, 2.45) is 0 Å². The summed E-state index contributed by atoms with van der Waals surface area (Å²) in [5, 5.41) is 1.13. The molecular formula is C26H22Cl2INO3. The van der Waals surface area contributed by atoms with Gasteiger partial charge in [-0.2, -0.15) is 0 Å². The zero-order chi connectivity index (χ0) is 23.5. The maximum absolute atomic E-state index is 13.2. The summed E-state index contributed by atoms with van der Waals surface area (Å²) in [4.78, 5) is 15.0. The Balaban J connectivity index is 1.65. The number of amides is 1. The molecule has 1 aliphatic rings. The Bertz CT molecular complexity index is 1240. The summed E-state index contributed by atoms with van der Waals surface area (Å²) < 4.78 is 12.5. The molecule has 0 aliphatic carbocycles. The Labute approximate surface area is 217 Å². The maximum Gasteiger partial charge on any atom is 0.258 e. The van der Waals surface area contributed by atoms with Crippen molar-refractivity contribution in [3.8, 4) is 11.5 Å². The Morgan fingerprint density at radius 3 is 2.61 bits per heavy atom. The van der Waals surface area contributed by atoms with Gasteiger partial charge in [0.05, 0.1) is 16.4 Å². The number of nitrogens with zero attached hydrogens (tertiary/aromatic N) is 1. The average Bonchev–Trinajstić information content (AvgIpc) is 3.05. The van der Waals surface area contributed by atoms with Crippen molar-refractivity contribution in [2.45, 2.75) is 20.0 Å². The molecule has 0 radical (unpaired) electrons. The second-order valence-corrected chi connectivity index (χ2v) is 9.60. The van der Waals surface area contributed by atoms with Crippen molar-refractivity contribution in [3.63, 3.8) is 0 Å². The molecule has 1 heterocycles. The number of anilines is 1. The van der Waals surface area contributed by atoms with Crippen LogP contribution in [0.25, 0.3) is 11.6 Å². The van der Waals surface area contributed by atoms with Crippen LogP contribution < -0.4 is 14.4 Å². The van der Waals surface area contributed by atoms with Crippen LogP contribution in [0.2, 0.25) is 10.0 Å². The largest absolute Gasteiger partial charge is 0.493 e. The van der Waals surface area contributed by atoms with Gasteiger partial charge < -0.3 is 14.4 Å². The Morgan fingerprint density at radius 2 is 1.88 bits per heavy atom. The van der Waals surface area contributed by atoms with Crippen LogP contribution in [0.15, 0.2) is 54.6 Å². The average molecular weight is 594 g/mol. The van der Waals surface area contributed by atoms with E-state index in [0.717, 1.165) is 32.4 Å². The molecule has 0 bridgehead atoms. The molecule has 0 N–H and O–H groups in total. The second kappa shape index (κ2) is 10.4. The molecule has 4 rings (SSSR count). The van der Waals surface area contributed by atoms with Crippen LogP contribution in [0, 0.1) is 3.57 Å². The van der Waals surface area contributed by atoms with Gasteiger partial charge in [0.15, 0.2) is 11.5 Å². The third-order valence-electron chi connectivity index (χ3n) is 5.36. The molecule has 0 fully saturated rings. The van der Waals surface area contributed by atoms with Crippen LogP contribution in [0.5, 0.6) is 11.5 Å². The maximum atomic E-state index is 13.2. The van der Waals surface area contributed by atoms with Crippen LogP contribution in [0.4, 0.5) is 5.69 Å². The lowest BCUT2D eigenvalue weighted by molar-refractivity contribution is -0.113. The highest BCUT2D eigenvalue weighted by atomic mass is 127. The van der Waals surface area contributed by atoms with Gasteiger partial charge in [0, 0.05) is 33.3 Å². The smallest absolute Gasteiger partial charge is 0.258 e. The molecule has 3 aromatic carbocycles. The summed E-state index contributed by atoms with van der Waals surface area (Å²) in [6, 6.07) is 17.1. The lowest BCUT2D eigenvalue weighted by Gasteiger charge is -2.15. The number of carbonyl (C=O) groups excluding carboxylic acids is 1. The van der Waals surface area contributed by atoms with Crippen molar-refractivity contribution in [2.75, 3.05) is 18.6 Å². The first-order valence-electron chi connectivity index (χ1n) is 10.5. The Morgan fingerprint density at radius 1 is 1.09 bits per heavy atom. The molecule has 1 amide bonds. The van der Waals surface area contributed by atoms with Gasteiger partial charge in [0.1, 0.15) is 6.61 Å². The van der Waals surface area contributed by atoms with E-state index in [9.17, 15) is 4.79 Å². The van der Waals surface area contributed by atoms with Crippen LogP contribution in [-0.2, 0) is 11.4 Å². The summed E-state index contributed by atoms with van der Waals surface area (Å²) in [6.07, 6.45) is 2.81. The number of halogens is 3. The second-order valence-electron chi connectivity index (χ2n) is 7.59. The summed E-state index contributed by atoms with van der Waals surface area (Å²) in [7, 11) is 1.60. The highest BCUT2D eigenvalue weighted by Crippen LogP contribution is 2.40. The predicted octanol–water partition coefficient (Wildman–Crippen LogP) is 7.48. The molecule has 0 atom stereocenters. The minimum Gasteiger partial charge on any atom is -0.493 e. The number of rotatable bonds is 7. The summed E-state index contributed by atoms with van der Waals surface area (Å²) in [6.45, 7) is 3.04. The van der Waals surface area contributed by atoms with Gasteiger partial charge in [-0.25, -0.2) is 0 Å². The first-order chi connectivity index (χ1) is 15.9. The molecule has 0 aromatic heterocycles. The van der Waals surface area contributed by atoms with E-state index in [1.165, 1.54) is 0 Å². The molecule has 7 heteroatoms. The molecule has 0 saturated carbocycles. The number of carbonyl (C=O) groups is 1. The standard InChI is InChI=1S/C26H22Cl2INO3/c1-3-10-30-23-7-5-4-6-19(23)20(26(30)31)11-16-12-22(29)25(24(13-16)32-2)33-15-17-8-9-18(27)14-21(17)28/h4-9,11-14H,3,10,15H2,1-2H3/b20-11-. The van der Waals surface area contributed by atoms with E-state index in [0.29, 0.717) is 33.7 Å². The van der Waals surface area contributed by atoms with E-state index in [1.807, 2.05) is 53.4 Å². The quantitative estimate of drug-likeness (QED) is 0.210. The first-order valence-corrected chi connectivity index (χ1v) is 12.3. The van der Waals surface area contributed by atoms with E-state index in [1.54, 1.807) is 19.2 Å². The van der Waals surface area contributed by atoms with E-state index in [2.05, 4.69) is 29.5 Å². The molecule has 0 unspecified atom stereocenters. The zero-order valence-electron chi connectivity index (χ0n) is 18.2.